The second-order valence-corrected chi connectivity index (χ2v) is 5.18. The van der Waals surface area contributed by atoms with Crippen LogP contribution in [0, 0.1) is 0 Å². The quantitative estimate of drug-likeness (QED) is 0.588. The average Bonchev–Trinajstić information content (AvgIpc) is 2.74. The van der Waals surface area contributed by atoms with E-state index in [4.69, 9.17) is 0 Å². The Morgan fingerprint density at radius 3 is 2.65 bits per heavy atom. The highest BCUT2D eigenvalue weighted by atomic mass is 16.3. The number of amides is 1. The fraction of sp³-hybridized carbons (Fsp3) is 0.923. The molecule has 0 aliphatic heterocycles. The summed E-state index contributed by atoms with van der Waals surface area (Å²) in [5.41, 5.74) is -0.585. The normalized spacial score (nSPS) is 20.2. The molecule has 1 aliphatic rings. The number of rotatable bonds is 7. The summed E-state index contributed by atoms with van der Waals surface area (Å²) >= 11 is 0. The van der Waals surface area contributed by atoms with E-state index in [0.717, 1.165) is 45.1 Å². The third kappa shape index (κ3) is 5.04. The molecule has 1 aliphatic carbocycles. The Bertz CT molecular complexity index is 238. The monoisotopic (exact) mass is 242 g/mol. The zero-order valence-electron chi connectivity index (χ0n) is 11.1. The lowest BCUT2D eigenvalue weighted by Crippen LogP contribution is -2.48. The van der Waals surface area contributed by atoms with Crippen LogP contribution in [0.1, 0.15) is 52.4 Å². The van der Waals surface area contributed by atoms with Gasteiger partial charge in [-0.15, -0.1) is 0 Å². The van der Waals surface area contributed by atoms with Crippen molar-refractivity contribution >= 4 is 5.91 Å². The highest BCUT2D eigenvalue weighted by molar-refractivity contribution is 5.81. The smallest absolute Gasteiger partial charge is 0.236 e. The number of carbonyl (C=O) groups is 1. The van der Waals surface area contributed by atoms with Gasteiger partial charge in [-0.05, 0) is 26.2 Å². The van der Waals surface area contributed by atoms with E-state index in [1.807, 2.05) is 6.92 Å². The lowest BCUT2D eigenvalue weighted by Gasteiger charge is -2.24. The second-order valence-electron chi connectivity index (χ2n) is 5.18. The highest BCUT2D eigenvalue weighted by Gasteiger charge is 2.31. The van der Waals surface area contributed by atoms with Crippen LogP contribution in [-0.4, -0.2) is 35.7 Å². The largest absolute Gasteiger partial charge is 0.389 e. The summed E-state index contributed by atoms with van der Waals surface area (Å²) in [5, 5.41) is 16.2. The van der Waals surface area contributed by atoms with E-state index in [2.05, 4.69) is 17.6 Å². The Balaban J connectivity index is 2.19. The van der Waals surface area contributed by atoms with Crippen molar-refractivity contribution in [2.45, 2.75) is 64.0 Å². The third-order valence-electron chi connectivity index (χ3n) is 3.49. The third-order valence-corrected chi connectivity index (χ3v) is 3.49. The van der Waals surface area contributed by atoms with Crippen LogP contribution in [0.3, 0.4) is 0 Å². The van der Waals surface area contributed by atoms with Gasteiger partial charge in [0.15, 0.2) is 0 Å². The van der Waals surface area contributed by atoms with E-state index in [9.17, 15) is 9.90 Å². The lowest BCUT2D eigenvalue weighted by molar-refractivity contribution is -0.123. The number of carbonyl (C=O) groups excluding carboxylic acids is 1. The SMILES string of the molecule is CCCCNC(=O)C(C)NCC1(O)CCCC1. The van der Waals surface area contributed by atoms with Gasteiger partial charge in [0, 0.05) is 13.1 Å². The van der Waals surface area contributed by atoms with Crippen molar-refractivity contribution in [3.05, 3.63) is 0 Å². The first-order chi connectivity index (χ1) is 8.07. The summed E-state index contributed by atoms with van der Waals surface area (Å²) < 4.78 is 0. The summed E-state index contributed by atoms with van der Waals surface area (Å²) in [4.78, 5) is 11.7. The van der Waals surface area contributed by atoms with Gasteiger partial charge in [-0.3, -0.25) is 4.79 Å². The fourth-order valence-electron chi connectivity index (χ4n) is 2.19. The minimum Gasteiger partial charge on any atom is -0.389 e. The first-order valence-electron chi connectivity index (χ1n) is 6.81. The summed E-state index contributed by atoms with van der Waals surface area (Å²) in [5.74, 6) is 0.0278. The summed E-state index contributed by atoms with van der Waals surface area (Å²) in [6, 6.07) is -0.225. The molecule has 4 heteroatoms. The molecule has 1 atom stereocenters. The number of nitrogens with one attached hydrogen (secondary N) is 2. The van der Waals surface area contributed by atoms with Gasteiger partial charge in [-0.1, -0.05) is 26.2 Å². The molecule has 0 aromatic carbocycles. The van der Waals surface area contributed by atoms with E-state index < -0.39 is 5.60 Å². The standard InChI is InChI=1S/C13H26N2O2/c1-3-4-9-14-12(16)11(2)15-10-13(17)7-5-6-8-13/h11,15,17H,3-10H2,1-2H3,(H,14,16). The molecule has 1 unspecified atom stereocenters. The van der Waals surface area contributed by atoms with Crippen LogP contribution < -0.4 is 10.6 Å². The van der Waals surface area contributed by atoms with E-state index in [1.165, 1.54) is 0 Å². The molecule has 1 rings (SSSR count). The molecule has 3 N–H and O–H groups in total. The van der Waals surface area contributed by atoms with Crippen molar-refractivity contribution in [2.24, 2.45) is 0 Å². The van der Waals surface area contributed by atoms with E-state index >= 15 is 0 Å². The number of hydrogen-bond donors (Lipinski definition) is 3. The first kappa shape index (κ1) is 14.5. The van der Waals surface area contributed by atoms with Crippen molar-refractivity contribution in [2.75, 3.05) is 13.1 Å². The van der Waals surface area contributed by atoms with Crippen molar-refractivity contribution in [1.82, 2.24) is 10.6 Å². The Morgan fingerprint density at radius 1 is 1.41 bits per heavy atom. The van der Waals surface area contributed by atoms with Crippen LogP contribution in [-0.2, 0) is 4.79 Å². The fourth-order valence-corrected chi connectivity index (χ4v) is 2.19. The molecule has 0 saturated heterocycles. The molecular formula is C13H26N2O2. The zero-order chi connectivity index (χ0) is 12.7. The van der Waals surface area contributed by atoms with Crippen LogP contribution in [0.25, 0.3) is 0 Å². The first-order valence-corrected chi connectivity index (χ1v) is 6.81. The molecule has 0 heterocycles. The maximum atomic E-state index is 11.7. The van der Waals surface area contributed by atoms with Gasteiger partial charge in [0.05, 0.1) is 11.6 Å². The number of hydrogen-bond acceptors (Lipinski definition) is 3. The predicted molar refractivity (Wildman–Crippen MR) is 68.8 cm³/mol. The summed E-state index contributed by atoms with van der Waals surface area (Å²) in [6.07, 6.45) is 5.99. The molecule has 4 nitrogen and oxygen atoms in total. The zero-order valence-corrected chi connectivity index (χ0v) is 11.1. The maximum absolute atomic E-state index is 11.7. The number of unbranched alkanes of at least 4 members (excludes halogenated alkanes) is 1. The van der Waals surface area contributed by atoms with Crippen molar-refractivity contribution < 1.29 is 9.90 Å². The minimum atomic E-state index is -0.585. The molecular weight excluding hydrogens is 216 g/mol. The lowest BCUT2D eigenvalue weighted by atomic mass is 10.0. The van der Waals surface area contributed by atoms with Gasteiger partial charge in [0.25, 0.3) is 0 Å². The molecule has 1 fully saturated rings. The molecule has 0 aromatic rings. The molecule has 0 spiro atoms. The Kier molecular flexibility index (Phi) is 5.92. The van der Waals surface area contributed by atoms with Crippen LogP contribution in [0.2, 0.25) is 0 Å². The van der Waals surface area contributed by atoms with Gasteiger partial charge >= 0.3 is 0 Å². The number of aliphatic hydroxyl groups is 1. The Labute approximate surface area is 104 Å². The van der Waals surface area contributed by atoms with Gasteiger partial charge < -0.3 is 15.7 Å². The van der Waals surface area contributed by atoms with Crippen molar-refractivity contribution in [1.29, 1.82) is 0 Å². The van der Waals surface area contributed by atoms with Crippen LogP contribution >= 0.6 is 0 Å². The second kappa shape index (κ2) is 6.97. The van der Waals surface area contributed by atoms with Crippen molar-refractivity contribution in [3.63, 3.8) is 0 Å². The van der Waals surface area contributed by atoms with Gasteiger partial charge in [-0.25, -0.2) is 0 Å². The van der Waals surface area contributed by atoms with Crippen LogP contribution in [0.5, 0.6) is 0 Å². The molecule has 0 aromatic heterocycles. The molecule has 1 amide bonds. The van der Waals surface area contributed by atoms with E-state index in [-0.39, 0.29) is 11.9 Å². The van der Waals surface area contributed by atoms with Crippen molar-refractivity contribution in [3.8, 4) is 0 Å². The summed E-state index contributed by atoms with van der Waals surface area (Å²) in [6.45, 7) is 5.21. The molecule has 1 saturated carbocycles. The minimum absolute atomic E-state index is 0.0278. The predicted octanol–water partition coefficient (Wildman–Crippen LogP) is 1.19. The van der Waals surface area contributed by atoms with Gasteiger partial charge in [-0.2, -0.15) is 0 Å². The topological polar surface area (TPSA) is 61.4 Å². The maximum Gasteiger partial charge on any atom is 0.236 e. The molecule has 0 bridgehead atoms. The van der Waals surface area contributed by atoms with E-state index in [1.54, 1.807) is 0 Å². The molecule has 0 radical (unpaired) electrons. The Morgan fingerprint density at radius 2 is 2.06 bits per heavy atom. The van der Waals surface area contributed by atoms with Gasteiger partial charge in [0.2, 0.25) is 5.91 Å². The Hall–Kier alpha value is -0.610. The van der Waals surface area contributed by atoms with Crippen LogP contribution in [0.15, 0.2) is 0 Å². The summed E-state index contributed by atoms with van der Waals surface area (Å²) in [7, 11) is 0. The van der Waals surface area contributed by atoms with Gasteiger partial charge in [0.1, 0.15) is 0 Å². The highest BCUT2D eigenvalue weighted by Crippen LogP contribution is 2.28. The average molecular weight is 242 g/mol. The van der Waals surface area contributed by atoms with E-state index in [0.29, 0.717) is 6.54 Å². The molecule has 100 valence electrons. The van der Waals surface area contributed by atoms with Crippen LogP contribution in [0.4, 0.5) is 0 Å². The molecule has 17 heavy (non-hydrogen) atoms.